The third kappa shape index (κ3) is 2.19. The summed E-state index contributed by atoms with van der Waals surface area (Å²) in [5.41, 5.74) is 5.84. The Kier molecular flexibility index (Phi) is 3.66. The van der Waals surface area contributed by atoms with Crippen molar-refractivity contribution in [2.45, 2.75) is 12.3 Å². The molecule has 0 spiro atoms. The van der Waals surface area contributed by atoms with E-state index in [0.29, 0.717) is 9.26 Å². The van der Waals surface area contributed by atoms with E-state index in [1.54, 1.807) is 0 Å². The molecule has 0 amide bonds. The van der Waals surface area contributed by atoms with Gasteiger partial charge in [0.15, 0.2) is 0 Å². The number of halogens is 4. The molecule has 0 bridgehead atoms. The summed E-state index contributed by atoms with van der Waals surface area (Å²) >= 11 is 7.38. The molecule has 0 aromatic carbocycles. The number of anilines is 1. The first-order chi connectivity index (χ1) is 6.07. The third-order valence-electron chi connectivity index (χ3n) is 1.52. The highest BCUT2D eigenvalue weighted by molar-refractivity contribution is 14.1. The van der Waals surface area contributed by atoms with Crippen molar-refractivity contribution in [3.8, 4) is 0 Å². The second-order valence-electron chi connectivity index (χ2n) is 2.32. The molecule has 1 aromatic rings. The van der Waals surface area contributed by atoms with Gasteiger partial charge in [-0.1, -0.05) is 0 Å². The number of pyridine rings is 1. The van der Waals surface area contributed by atoms with Gasteiger partial charge in [0.25, 0.3) is 6.43 Å². The molecule has 0 fully saturated rings. The Bertz CT molecular complexity index is 320. The first-order valence-electron chi connectivity index (χ1n) is 3.34. The SMILES string of the molecule is Nc1c(C(F)F)cnc(CCl)c1I. The molecule has 1 aromatic heterocycles. The Morgan fingerprint density at radius 1 is 1.62 bits per heavy atom. The van der Waals surface area contributed by atoms with E-state index >= 15 is 0 Å². The minimum absolute atomic E-state index is 0.0706. The number of nitrogen functional groups attached to an aromatic ring is 1. The summed E-state index contributed by atoms with van der Waals surface area (Å²) in [6.45, 7) is 0. The highest BCUT2D eigenvalue weighted by Gasteiger charge is 2.16. The number of nitrogens with two attached hydrogens (primary N) is 1. The smallest absolute Gasteiger partial charge is 0.267 e. The van der Waals surface area contributed by atoms with E-state index in [1.165, 1.54) is 0 Å². The van der Waals surface area contributed by atoms with Gasteiger partial charge in [-0.15, -0.1) is 11.6 Å². The molecular formula is C7H6ClF2IN2. The standard InChI is InChI=1S/C7H6ClF2IN2/c8-1-4-5(11)6(12)3(2-13-4)7(9)10/h2,7H,1H2,(H2,12,13). The van der Waals surface area contributed by atoms with Crippen LogP contribution in [0.1, 0.15) is 17.7 Å². The normalized spacial score (nSPS) is 10.8. The van der Waals surface area contributed by atoms with Crippen LogP contribution in [0.4, 0.5) is 14.5 Å². The maximum Gasteiger partial charge on any atom is 0.267 e. The molecule has 0 aliphatic heterocycles. The van der Waals surface area contributed by atoms with Crippen LogP contribution in [0.3, 0.4) is 0 Å². The average molecular weight is 318 g/mol. The predicted octanol–water partition coefficient (Wildman–Crippen LogP) is 2.94. The van der Waals surface area contributed by atoms with Crippen LogP contribution in [0.5, 0.6) is 0 Å². The number of nitrogens with zero attached hydrogens (tertiary/aromatic N) is 1. The lowest BCUT2D eigenvalue weighted by Crippen LogP contribution is -2.03. The molecule has 0 radical (unpaired) electrons. The second kappa shape index (κ2) is 4.36. The Hall–Kier alpha value is -0.170. The third-order valence-corrected chi connectivity index (χ3v) is 2.98. The van der Waals surface area contributed by atoms with Crippen LogP contribution in [-0.2, 0) is 5.88 Å². The molecule has 13 heavy (non-hydrogen) atoms. The summed E-state index contributed by atoms with van der Waals surface area (Å²) in [5, 5.41) is 0. The van der Waals surface area contributed by atoms with Gasteiger partial charge in [-0.25, -0.2) is 8.78 Å². The van der Waals surface area contributed by atoms with E-state index in [-0.39, 0.29) is 17.1 Å². The number of aromatic nitrogens is 1. The summed E-state index contributed by atoms with van der Waals surface area (Å²) < 4.78 is 25.1. The van der Waals surface area contributed by atoms with Gasteiger partial charge in [0.05, 0.1) is 26.4 Å². The van der Waals surface area contributed by atoms with Crippen molar-refractivity contribution in [1.29, 1.82) is 0 Å². The topological polar surface area (TPSA) is 38.9 Å². The van der Waals surface area contributed by atoms with Gasteiger partial charge in [-0.2, -0.15) is 0 Å². The molecule has 6 heteroatoms. The Labute approximate surface area is 92.6 Å². The molecule has 2 nitrogen and oxygen atoms in total. The minimum atomic E-state index is -2.59. The largest absolute Gasteiger partial charge is 0.397 e. The van der Waals surface area contributed by atoms with E-state index in [2.05, 4.69) is 4.98 Å². The monoisotopic (exact) mass is 318 g/mol. The zero-order valence-corrected chi connectivity index (χ0v) is 9.31. The predicted molar refractivity (Wildman–Crippen MR) is 55.9 cm³/mol. The zero-order valence-electron chi connectivity index (χ0n) is 6.40. The summed E-state index contributed by atoms with van der Waals surface area (Å²) in [6.07, 6.45) is -1.52. The molecule has 1 rings (SSSR count). The first kappa shape index (κ1) is 10.9. The second-order valence-corrected chi connectivity index (χ2v) is 3.67. The van der Waals surface area contributed by atoms with Crippen molar-refractivity contribution in [2.75, 3.05) is 5.73 Å². The molecular weight excluding hydrogens is 312 g/mol. The van der Waals surface area contributed by atoms with Crippen LogP contribution in [0, 0.1) is 3.57 Å². The summed E-state index contributed by atoms with van der Waals surface area (Å²) in [6, 6.07) is 0. The van der Waals surface area contributed by atoms with Gasteiger partial charge in [0.2, 0.25) is 0 Å². The van der Waals surface area contributed by atoms with Crippen molar-refractivity contribution in [1.82, 2.24) is 4.98 Å². The van der Waals surface area contributed by atoms with Crippen molar-refractivity contribution in [3.63, 3.8) is 0 Å². The molecule has 1 heterocycles. The van der Waals surface area contributed by atoms with E-state index in [1.807, 2.05) is 22.6 Å². The fourth-order valence-electron chi connectivity index (χ4n) is 0.823. The van der Waals surface area contributed by atoms with Gasteiger partial charge in [-0.3, -0.25) is 4.98 Å². The number of alkyl halides is 3. The molecule has 0 atom stereocenters. The lowest BCUT2D eigenvalue weighted by Gasteiger charge is -2.08. The van der Waals surface area contributed by atoms with Crippen LogP contribution in [0.2, 0.25) is 0 Å². The lowest BCUT2D eigenvalue weighted by atomic mass is 10.2. The lowest BCUT2D eigenvalue weighted by molar-refractivity contribution is 0.151. The van der Waals surface area contributed by atoms with Gasteiger partial charge in [0.1, 0.15) is 0 Å². The van der Waals surface area contributed by atoms with Crippen molar-refractivity contribution >= 4 is 39.9 Å². The number of hydrogen-bond donors (Lipinski definition) is 1. The zero-order chi connectivity index (χ0) is 10.0. The van der Waals surface area contributed by atoms with Crippen molar-refractivity contribution in [3.05, 3.63) is 21.0 Å². The maximum absolute atomic E-state index is 12.3. The maximum atomic E-state index is 12.3. The fraction of sp³-hybridized carbons (Fsp3) is 0.286. The highest BCUT2D eigenvalue weighted by Crippen LogP contribution is 2.29. The first-order valence-corrected chi connectivity index (χ1v) is 4.96. The van der Waals surface area contributed by atoms with E-state index < -0.39 is 6.43 Å². The summed E-state index contributed by atoms with van der Waals surface area (Å²) in [7, 11) is 0. The Balaban J connectivity index is 3.23. The number of hydrogen-bond acceptors (Lipinski definition) is 2. The molecule has 72 valence electrons. The summed E-state index contributed by atoms with van der Waals surface area (Å²) in [4.78, 5) is 3.78. The Morgan fingerprint density at radius 2 is 2.23 bits per heavy atom. The minimum Gasteiger partial charge on any atom is -0.397 e. The van der Waals surface area contributed by atoms with Gasteiger partial charge in [0, 0.05) is 6.20 Å². The van der Waals surface area contributed by atoms with Crippen LogP contribution < -0.4 is 5.73 Å². The molecule has 0 saturated carbocycles. The van der Waals surface area contributed by atoms with Gasteiger partial charge in [-0.05, 0) is 22.6 Å². The van der Waals surface area contributed by atoms with Crippen LogP contribution in [0.15, 0.2) is 6.20 Å². The van der Waals surface area contributed by atoms with Gasteiger partial charge < -0.3 is 5.73 Å². The van der Waals surface area contributed by atoms with E-state index in [9.17, 15) is 8.78 Å². The van der Waals surface area contributed by atoms with Crippen LogP contribution in [0.25, 0.3) is 0 Å². The van der Waals surface area contributed by atoms with E-state index in [0.717, 1.165) is 6.20 Å². The average Bonchev–Trinajstić information content (AvgIpc) is 2.09. The van der Waals surface area contributed by atoms with E-state index in [4.69, 9.17) is 17.3 Å². The van der Waals surface area contributed by atoms with Crippen molar-refractivity contribution < 1.29 is 8.78 Å². The molecule has 0 unspecified atom stereocenters. The molecule has 0 aliphatic rings. The number of rotatable bonds is 2. The fourth-order valence-corrected chi connectivity index (χ4v) is 1.89. The van der Waals surface area contributed by atoms with Crippen molar-refractivity contribution in [2.24, 2.45) is 0 Å². The molecule has 0 aliphatic carbocycles. The Morgan fingerprint density at radius 3 is 2.69 bits per heavy atom. The summed E-state index contributed by atoms with van der Waals surface area (Å²) in [5.74, 6) is 0.173. The highest BCUT2D eigenvalue weighted by atomic mass is 127. The molecule has 0 saturated heterocycles. The van der Waals surface area contributed by atoms with Gasteiger partial charge >= 0.3 is 0 Å². The van der Waals surface area contributed by atoms with Crippen LogP contribution >= 0.6 is 34.2 Å². The quantitative estimate of drug-likeness (QED) is 0.672. The van der Waals surface area contributed by atoms with Crippen LogP contribution in [-0.4, -0.2) is 4.98 Å². The molecule has 2 N–H and O–H groups in total.